The van der Waals surface area contributed by atoms with Crippen LogP contribution in [0.25, 0.3) is 22.0 Å². The van der Waals surface area contributed by atoms with Crippen molar-refractivity contribution in [2.24, 2.45) is 0 Å². The molecule has 0 unspecified atom stereocenters. The Labute approximate surface area is 120 Å². The number of benzene rings is 2. The van der Waals surface area contributed by atoms with Crippen molar-refractivity contribution >= 4 is 10.9 Å². The summed E-state index contributed by atoms with van der Waals surface area (Å²) in [6, 6.07) is 15.5. The fourth-order valence-corrected chi connectivity index (χ4v) is 2.34. The average Bonchev–Trinajstić information content (AvgIpc) is 2.45. The van der Waals surface area contributed by atoms with E-state index < -0.39 is 11.9 Å². The van der Waals surface area contributed by atoms with Crippen molar-refractivity contribution in [3.63, 3.8) is 0 Å². The summed E-state index contributed by atoms with van der Waals surface area (Å²) in [5.41, 5.74) is 1.68. The van der Waals surface area contributed by atoms with Gasteiger partial charge < -0.3 is 0 Å². The molecule has 0 aliphatic rings. The second-order valence-electron chi connectivity index (χ2n) is 4.94. The lowest BCUT2D eigenvalue weighted by Crippen LogP contribution is -2.08. The smallest absolute Gasteiger partial charge is 0.243 e. The first-order valence-electron chi connectivity index (χ1n) is 6.49. The third kappa shape index (κ3) is 2.61. The molecule has 2 aromatic carbocycles. The summed E-state index contributed by atoms with van der Waals surface area (Å²) < 4.78 is 39.1. The van der Waals surface area contributed by atoms with Crippen LogP contribution < -0.4 is 0 Å². The Hall–Kier alpha value is -2.36. The molecule has 0 N–H and O–H groups in total. The third-order valence-electron chi connectivity index (χ3n) is 3.34. The van der Waals surface area contributed by atoms with Gasteiger partial charge in [-0.15, -0.1) is 0 Å². The number of pyridine rings is 1. The van der Waals surface area contributed by atoms with E-state index in [9.17, 15) is 13.2 Å². The Morgan fingerprint density at radius 2 is 1.62 bits per heavy atom. The van der Waals surface area contributed by atoms with Crippen molar-refractivity contribution < 1.29 is 13.2 Å². The second kappa shape index (κ2) is 4.88. The molecule has 0 radical (unpaired) electrons. The van der Waals surface area contributed by atoms with Gasteiger partial charge in [0.15, 0.2) is 0 Å². The molecule has 4 heteroatoms. The van der Waals surface area contributed by atoms with E-state index in [1.165, 1.54) is 0 Å². The van der Waals surface area contributed by atoms with Crippen LogP contribution in [-0.2, 0) is 6.18 Å². The SMILES string of the molecule is Cc1ccc2c(-c3ccccc3)cc(C(F)(F)F)nc2c1. The van der Waals surface area contributed by atoms with Crippen molar-refractivity contribution in [1.29, 1.82) is 0 Å². The largest absolute Gasteiger partial charge is 0.433 e. The van der Waals surface area contributed by atoms with E-state index >= 15 is 0 Å². The third-order valence-corrected chi connectivity index (χ3v) is 3.34. The van der Waals surface area contributed by atoms with E-state index in [0.29, 0.717) is 11.1 Å². The molecule has 0 spiro atoms. The van der Waals surface area contributed by atoms with E-state index in [1.54, 1.807) is 18.2 Å². The van der Waals surface area contributed by atoms with Gasteiger partial charge in [0.1, 0.15) is 5.69 Å². The van der Waals surface area contributed by atoms with Crippen LogP contribution in [0.3, 0.4) is 0 Å². The minimum atomic E-state index is -4.46. The highest BCUT2D eigenvalue weighted by Gasteiger charge is 2.33. The van der Waals surface area contributed by atoms with Gasteiger partial charge in [-0.05, 0) is 35.7 Å². The molecule has 0 saturated carbocycles. The Bertz CT molecular complexity index is 792. The molecule has 0 saturated heterocycles. The van der Waals surface area contributed by atoms with Crippen molar-refractivity contribution in [2.45, 2.75) is 13.1 Å². The lowest BCUT2D eigenvalue weighted by molar-refractivity contribution is -0.140. The summed E-state index contributed by atoms with van der Waals surface area (Å²) in [6.45, 7) is 1.84. The summed E-state index contributed by atoms with van der Waals surface area (Å²) >= 11 is 0. The van der Waals surface area contributed by atoms with Gasteiger partial charge in [0, 0.05) is 5.39 Å². The Balaban J connectivity index is 2.36. The zero-order valence-corrected chi connectivity index (χ0v) is 11.3. The number of aromatic nitrogens is 1. The number of fused-ring (bicyclic) bond motifs is 1. The van der Waals surface area contributed by atoms with E-state index in [2.05, 4.69) is 4.98 Å². The van der Waals surface area contributed by atoms with E-state index in [0.717, 1.165) is 22.6 Å². The second-order valence-corrected chi connectivity index (χ2v) is 4.94. The zero-order chi connectivity index (χ0) is 15.0. The molecule has 3 rings (SSSR count). The molecule has 0 fully saturated rings. The molecule has 0 atom stereocenters. The van der Waals surface area contributed by atoms with Crippen LogP contribution in [0.4, 0.5) is 13.2 Å². The summed E-state index contributed by atoms with van der Waals surface area (Å²) in [5.74, 6) is 0. The monoisotopic (exact) mass is 287 g/mol. The molecule has 1 heterocycles. The van der Waals surface area contributed by atoms with Gasteiger partial charge in [-0.3, -0.25) is 0 Å². The van der Waals surface area contributed by atoms with Gasteiger partial charge >= 0.3 is 6.18 Å². The predicted molar refractivity (Wildman–Crippen MR) is 76.9 cm³/mol. The number of aryl methyl sites for hydroxylation is 1. The molecule has 3 aromatic rings. The number of nitrogens with zero attached hydrogens (tertiary/aromatic N) is 1. The maximum atomic E-state index is 13.0. The van der Waals surface area contributed by atoms with E-state index in [-0.39, 0.29) is 0 Å². The van der Waals surface area contributed by atoms with Crippen LogP contribution in [0.1, 0.15) is 11.3 Å². The van der Waals surface area contributed by atoms with E-state index in [1.807, 2.05) is 37.3 Å². The maximum Gasteiger partial charge on any atom is 0.433 e. The normalized spacial score (nSPS) is 11.8. The lowest BCUT2D eigenvalue weighted by Gasteiger charge is -2.12. The van der Waals surface area contributed by atoms with Crippen LogP contribution in [0.2, 0.25) is 0 Å². The molecular formula is C17H12F3N. The van der Waals surface area contributed by atoms with Gasteiger partial charge in [-0.1, -0.05) is 42.5 Å². The summed E-state index contributed by atoms with van der Waals surface area (Å²) in [4.78, 5) is 3.77. The first-order valence-corrected chi connectivity index (χ1v) is 6.49. The standard InChI is InChI=1S/C17H12F3N/c1-11-7-8-13-14(12-5-3-2-4-6-12)10-16(17(18,19)20)21-15(13)9-11/h2-10H,1H3. The Morgan fingerprint density at radius 1 is 0.905 bits per heavy atom. The van der Waals surface area contributed by atoms with Gasteiger partial charge in [0.2, 0.25) is 0 Å². The number of alkyl halides is 3. The topological polar surface area (TPSA) is 12.9 Å². The summed E-state index contributed by atoms with van der Waals surface area (Å²) in [5, 5.41) is 0.722. The van der Waals surface area contributed by atoms with E-state index in [4.69, 9.17) is 0 Å². The molecule has 21 heavy (non-hydrogen) atoms. The first kappa shape index (κ1) is 13.6. The van der Waals surface area contributed by atoms with Crippen LogP contribution in [0, 0.1) is 6.92 Å². The van der Waals surface area contributed by atoms with Crippen molar-refractivity contribution in [2.75, 3.05) is 0 Å². The minimum absolute atomic E-state index is 0.365. The molecule has 0 bridgehead atoms. The van der Waals surface area contributed by atoms with Gasteiger partial charge in [-0.2, -0.15) is 13.2 Å². The fraction of sp³-hybridized carbons (Fsp3) is 0.118. The van der Waals surface area contributed by atoms with Crippen LogP contribution in [0.15, 0.2) is 54.6 Å². The lowest BCUT2D eigenvalue weighted by atomic mass is 9.99. The van der Waals surface area contributed by atoms with Crippen molar-refractivity contribution in [1.82, 2.24) is 4.98 Å². The minimum Gasteiger partial charge on any atom is -0.243 e. The Morgan fingerprint density at radius 3 is 2.29 bits per heavy atom. The Kier molecular flexibility index (Phi) is 3.16. The molecule has 0 aliphatic carbocycles. The maximum absolute atomic E-state index is 13.0. The van der Waals surface area contributed by atoms with Gasteiger partial charge in [0.25, 0.3) is 0 Å². The van der Waals surface area contributed by atoms with Crippen molar-refractivity contribution in [3.05, 3.63) is 65.9 Å². The highest BCUT2D eigenvalue weighted by molar-refractivity contribution is 5.95. The average molecular weight is 287 g/mol. The number of hydrogen-bond donors (Lipinski definition) is 0. The number of halogens is 3. The quantitative estimate of drug-likeness (QED) is 0.597. The van der Waals surface area contributed by atoms with Crippen LogP contribution >= 0.6 is 0 Å². The van der Waals surface area contributed by atoms with Gasteiger partial charge in [0.05, 0.1) is 5.52 Å². The fourth-order valence-electron chi connectivity index (χ4n) is 2.34. The molecule has 106 valence electrons. The van der Waals surface area contributed by atoms with Crippen molar-refractivity contribution in [3.8, 4) is 11.1 Å². The molecule has 1 aromatic heterocycles. The van der Waals surface area contributed by atoms with Crippen LogP contribution in [-0.4, -0.2) is 4.98 Å². The number of hydrogen-bond acceptors (Lipinski definition) is 1. The predicted octanol–water partition coefficient (Wildman–Crippen LogP) is 5.23. The van der Waals surface area contributed by atoms with Crippen LogP contribution in [0.5, 0.6) is 0 Å². The molecule has 0 aliphatic heterocycles. The first-order chi connectivity index (χ1) is 9.95. The molecule has 1 nitrogen and oxygen atoms in total. The summed E-state index contributed by atoms with van der Waals surface area (Å²) in [6.07, 6.45) is -4.46. The number of rotatable bonds is 1. The highest BCUT2D eigenvalue weighted by Crippen LogP contribution is 2.35. The molecule has 0 amide bonds. The zero-order valence-electron chi connectivity index (χ0n) is 11.3. The summed E-state index contributed by atoms with van der Waals surface area (Å²) in [7, 11) is 0. The highest BCUT2D eigenvalue weighted by atomic mass is 19.4. The van der Waals surface area contributed by atoms with Gasteiger partial charge in [-0.25, -0.2) is 4.98 Å². The molecular weight excluding hydrogens is 275 g/mol.